The van der Waals surface area contributed by atoms with E-state index < -0.39 is 7.82 Å². The molecule has 0 spiro atoms. The van der Waals surface area contributed by atoms with Gasteiger partial charge >= 0.3 is 120 Å². The fourth-order valence-electron chi connectivity index (χ4n) is 2.29. The maximum Gasteiger partial charge on any atom is 0.466 e. The molecule has 0 aliphatic heterocycles. The van der Waals surface area contributed by atoms with Crippen LogP contribution in [0.1, 0.15) is 52.7 Å². The van der Waals surface area contributed by atoms with Gasteiger partial charge in [0, 0.05) is 0 Å². The molecule has 0 fully saturated rings. The van der Waals surface area contributed by atoms with Crippen molar-refractivity contribution in [2.45, 2.75) is 52.4 Å². The van der Waals surface area contributed by atoms with Crippen LogP contribution in [0.15, 0.2) is 18.2 Å². The molecule has 0 bridgehead atoms. The van der Waals surface area contributed by atoms with Crippen molar-refractivity contribution >= 4 is 38.6 Å². The molecule has 0 saturated heterocycles. The summed E-state index contributed by atoms with van der Waals surface area (Å²) < 4.78 is 10.4. The van der Waals surface area contributed by atoms with Crippen molar-refractivity contribution in [3.63, 3.8) is 0 Å². The van der Waals surface area contributed by atoms with Gasteiger partial charge in [0.2, 0.25) is 0 Å². The van der Waals surface area contributed by atoms with E-state index in [1.165, 1.54) is 5.56 Å². The van der Waals surface area contributed by atoms with E-state index in [0.717, 1.165) is 27.9 Å². The third kappa shape index (κ3) is 7.94. The van der Waals surface area contributed by atoms with Crippen molar-refractivity contribution in [3.05, 3.63) is 29.3 Å². The smallest absolute Gasteiger partial charge is 0.303 e. The molecule has 4 nitrogen and oxygen atoms in total. The zero-order chi connectivity index (χ0) is 16.4. The third-order valence-electron chi connectivity index (χ3n) is 2.83. The summed E-state index contributed by atoms with van der Waals surface area (Å²) in [5.74, 6) is 0. The van der Waals surface area contributed by atoms with E-state index in [4.69, 9.17) is 19.2 Å². The number of phosphoric acid groups is 1. The minimum Gasteiger partial charge on any atom is -0.303 e. The Kier molecular flexibility index (Phi) is 7.18. The molecule has 1 aromatic rings. The molecule has 0 amide bonds. The summed E-state index contributed by atoms with van der Waals surface area (Å²) in [5, 5.41) is 0. The largest absolute Gasteiger partial charge is 0.466 e. The first-order chi connectivity index (χ1) is 8.64. The maximum atomic E-state index is 8.88. The summed E-state index contributed by atoms with van der Waals surface area (Å²) in [6, 6.07) is 6.78. The Balaban J connectivity index is 0.000000621. The molecule has 0 heterocycles. The van der Waals surface area contributed by atoms with E-state index in [0.29, 0.717) is 0 Å². The molecule has 3 N–H and O–H groups in total. The number of rotatable bonds is 0. The van der Waals surface area contributed by atoms with Gasteiger partial charge in [0.1, 0.15) is 0 Å². The Morgan fingerprint density at radius 1 is 0.950 bits per heavy atom. The van der Waals surface area contributed by atoms with Gasteiger partial charge in [-0.25, -0.2) is 4.57 Å². The van der Waals surface area contributed by atoms with Crippen LogP contribution in [0, 0.1) is 0 Å². The first-order valence-corrected chi connectivity index (χ1v) is 9.09. The summed E-state index contributed by atoms with van der Waals surface area (Å²) >= 11 is 1.14. The Morgan fingerprint density at radius 2 is 1.35 bits per heavy atom. The van der Waals surface area contributed by atoms with E-state index in [9.17, 15) is 0 Å². The van der Waals surface area contributed by atoms with Gasteiger partial charge in [-0.1, -0.05) is 0 Å². The third-order valence-corrected chi connectivity index (χ3v) is 3.66. The van der Waals surface area contributed by atoms with E-state index in [1.807, 2.05) is 0 Å². The molecular weight excluding hydrogens is 286 g/mol. The molecule has 20 heavy (non-hydrogen) atoms. The molecule has 110 valence electrons. The van der Waals surface area contributed by atoms with E-state index >= 15 is 0 Å². The standard InChI is InChI=1S/C14H21.Na.H3O4P/c1-13(2,3)11-9-7-8-10-12(11)14(4,5)6;;1-5(2,3)4/h7-9H,1-6H3;;(H3,1,2,3,4). The molecule has 0 aromatic heterocycles. The zero-order valence-electron chi connectivity index (χ0n) is 13.4. The van der Waals surface area contributed by atoms with Gasteiger partial charge in [-0.05, 0) is 0 Å². The number of hydrogen-bond acceptors (Lipinski definition) is 1. The Labute approximate surface area is 139 Å². The van der Waals surface area contributed by atoms with Crippen LogP contribution in [-0.2, 0) is 15.4 Å². The number of hydrogen-bond donors (Lipinski definition) is 3. The Hall–Kier alpha value is 0.330. The molecule has 0 saturated carbocycles. The first kappa shape index (κ1) is 20.3. The molecule has 0 aliphatic carbocycles. The molecule has 0 unspecified atom stereocenters. The second kappa shape index (κ2) is 7.06. The Morgan fingerprint density at radius 3 is 1.60 bits per heavy atom. The van der Waals surface area contributed by atoms with Gasteiger partial charge in [-0.2, -0.15) is 0 Å². The van der Waals surface area contributed by atoms with Crippen LogP contribution in [0.5, 0.6) is 0 Å². The van der Waals surface area contributed by atoms with E-state index in [2.05, 4.69) is 59.7 Å². The average Bonchev–Trinajstić information content (AvgIpc) is 2.10. The fraction of sp³-hybridized carbons (Fsp3) is 0.571. The van der Waals surface area contributed by atoms with Crippen molar-refractivity contribution in [1.82, 2.24) is 0 Å². The molecule has 1 rings (SSSR count). The predicted molar refractivity (Wildman–Crippen MR) is 83.5 cm³/mol. The van der Waals surface area contributed by atoms with Gasteiger partial charge < -0.3 is 14.7 Å². The fourth-order valence-corrected chi connectivity index (χ4v) is 3.50. The maximum absolute atomic E-state index is 8.88. The van der Waals surface area contributed by atoms with Gasteiger partial charge in [0.25, 0.3) is 0 Å². The van der Waals surface area contributed by atoms with Crippen molar-refractivity contribution in [1.29, 1.82) is 0 Å². The molecule has 6 heteroatoms. The van der Waals surface area contributed by atoms with Gasteiger partial charge in [0.05, 0.1) is 0 Å². The SMILES string of the molecule is CC(C)(C)c1ccc[c]([Na])c1C(C)(C)C.O=P(O)(O)O. The second-order valence-corrected chi connectivity index (χ2v) is 9.11. The van der Waals surface area contributed by atoms with Crippen LogP contribution in [0.4, 0.5) is 0 Å². The van der Waals surface area contributed by atoms with Crippen LogP contribution < -0.4 is 2.81 Å². The summed E-state index contributed by atoms with van der Waals surface area (Å²) in [5.41, 5.74) is 3.61. The molecule has 0 radical (unpaired) electrons. The zero-order valence-corrected chi connectivity index (χ0v) is 16.3. The van der Waals surface area contributed by atoms with Crippen molar-refractivity contribution in [3.8, 4) is 0 Å². The second-order valence-electron chi connectivity index (χ2n) is 7.01. The van der Waals surface area contributed by atoms with Crippen molar-refractivity contribution in [2.75, 3.05) is 0 Å². The topological polar surface area (TPSA) is 77.8 Å². The van der Waals surface area contributed by atoms with Crippen LogP contribution >= 0.6 is 7.82 Å². The van der Waals surface area contributed by atoms with Crippen molar-refractivity contribution < 1.29 is 19.2 Å². The molecular formula is C14H24NaO4P. The van der Waals surface area contributed by atoms with Gasteiger partial charge in [-0.15, -0.1) is 0 Å². The van der Waals surface area contributed by atoms with Crippen LogP contribution in [0.3, 0.4) is 0 Å². The van der Waals surface area contributed by atoms with Gasteiger partial charge in [0.15, 0.2) is 0 Å². The van der Waals surface area contributed by atoms with E-state index in [1.54, 1.807) is 8.38 Å². The quantitative estimate of drug-likeness (QED) is 0.507. The van der Waals surface area contributed by atoms with E-state index in [-0.39, 0.29) is 10.8 Å². The minimum absolute atomic E-state index is 0.253. The van der Waals surface area contributed by atoms with Crippen LogP contribution in [0.2, 0.25) is 0 Å². The normalized spacial score (nSPS) is 12.8. The van der Waals surface area contributed by atoms with Crippen molar-refractivity contribution in [2.24, 2.45) is 0 Å². The average molecular weight is 310 g/mol. The summed E-state index contributed by atoms with van der Waals surface area (Å²) in [6.07, 6.45) is 0. The summed E-state index contributed by atoms with van der Waals surface area (Å²) in [7, 11) is -4.64. The Bertz CT molecular complexity index is 487. The summed E-state index contributed by atoms with van der Waals surface area (Å²) in [4.78, 5) is 21.6. The molecule has 0 aliphatic rings. The van der Waals surface area contributed by atoms with Gasteiger partial charge in [-0.3, -0.25) is 0 Å². The molecule has 0 atom stereocenters. The predicted octanol–water partition coefficient (Wildman–Crippen LogP) is 2.15. The first-order valence-electron chi connectivity index (χ1n) is 6.53. The summed E-state index contributed by atoms with van der Waals surface area (Å²) in [6.45, 7) is 13.9. The number of benzene rings is 1. The monoisotopic (exact) mass is 310 g/mol. The minimum atomic E-state index is -4.64. The van der Waals surface area contributed by atoms with Crippen LogP contribution in [0.25, 0.3) is 0 Å². The molecule has 1 aromatic carbocycles. The van der Waals surface area contributed by atoms with Crippen LogP contribution in [-0.4, -0.2) is 42.6 Å².